The van der Waals surface area contributed by atoms with Gasteiger partial charge in [-0.25, -0.2) is 4.79 Å². The highest BCUT2D eigenvalue weighted by atomic mass is 16.6. The number of nitrogens with one attached hydrogen (secondary N) is 1. The molecule has 0 saturated heterocycles. The fourth-order valence-corrected chi connectivity index (χ4v) is 0.259. The molecule has 1 atom stereocenters. The van der Waals surface area contributed by atoms with E-state index in [0.717, 1.165) is 0 Å². The molecule has 0 aliphatic heterocycles. The lowest BCUT2D eigenvalue weighted by Crippen LogP contribution is -2.41. The Balaban J connectivity index is 3.63. The zero-order chi connectivity index (χ0) is 7.44. The van der Waals surface area contributed by atoms with Crippen LogP contribution < -0.4 is 11.1 Å². The van der Waals surface area contributed by atoms with Crippen LogP contribution in [0.4, 0.5) is 4.79 Å². The smallest absolute Gasteiger partial charge is 0.317 e. The summed E-state index contributed by atoms with van der Waals surface area (Å²) in [7, 11) is 0. The van der Waals surface area contributed by atoms with E-state index in [9.17, 15) is 14.9 Å². The van der Waals surface area contributed by atoms with Crippen molar-refractivity contribution in [3.8, 4) is 0 Å². The maximum atomic E-state index is 9.92. The molecule has 6 nitrogen and oxygen atoms in total. The molecular weight excluding hydrogens is 126 g/mol. The molecule has 0 radical (unpaired) electrons. The number of rotatable bonds is 2. The Morgan fingerprint density at radius 3 is 2.44 bits per heavy atom. The van der Waals surface area contributed by atoms with E-state index in [0.29, 0.717) is 0 Å². The third-order valence-electron chi connectivity index (χ3n) is 0.667. The quantitative estimate of drug-likeness (QED) is 0.295. The van der Waals surface area contributed by atoms with Crippen molar-refractivity contribution in [2.75, 3.05) is 0 Å². The van der Waals surface area contributed by atoms with Gasteiger partial charge in [0.1, 0.15) is 0 Å². The molecule has 0 bridgehead atoms. The van der Waals surface area contributed by atoms with Crippen LogP contribution in [-0.2, 0) is 0 Å². The van der Waals surface area contributed by atoms with Crippen LogP contribution >= 0.6 is 0 Å². The molecule has 1 unspecified atom stereocenters. The van der Waals surface area contributed by atoms with E-state index >= 15 is 0 Å². The minimum Gasteiger partial charge on any atom is -0.352 e. The highest BCUT2D eigenvalue weighted by molar-refractivity contribution is 5.71. The van der Waals surface area contributed by atoms with Gasteiger partial charge in [-0.1, -0.05) is 0 Å². The first-order valence-electron chi connectivity index (χ1n) is 2.23. The SMILES string of the molecule is CC(NC(N)=O)[N+](=O)[O-]. The standard InChI is InChI=1S/C3H7N3O3/c1-2(6(8)9)5-3(4)7/h2H,1H3,(H3,4,5,7). The first-order chi connectivity index (χ1) is 4.04. The fourth-order valence-electron chi connectivity index (χ4n) is 0.259. The summed E-state index contributed by atoms with van der Waals surface area (Å²) in [6.45, 7) is 1.23. The maximum absolute atomic E-state index is 9.92. The number of amides is 2. The second-order valence-corrected chi connectivity index (χ2v) is 1.47. The number of nitro groups is 1. The third-order valence-corrected chi connectivity index (χ3v) is 0.667. The Morgan fingerprint density at radius 1 is 1.89 bits per heavy atom. The Labute approximate surface area is 51.2 Å². The molecular formula is C3H7N3O3. The van der Waals surface area contributed by atoms with Crippen LogP contribution in [0.3, 0.4) is 0 Å². The van der Waals surface area contributed by atoms with Gasteiger partial charge >= 0.3 is 6.03 Å². The second-order valence-electron chi connectivity index (χ2n) is 1.47. The van der Waals surface area contributed by atoms with Crippen molar-refractivity contribution in [3.63, 3.8) is 0 Å². The van der Waals surface area contributed by atoms with Gasteiger partial charge in [0, 0.05) is 11.8 Å². The highest BCUT2D eigenvalue weighted by Crippen LogP contribution is 1.78. The number of urea groups is 1. The van der Waals surface area contributed by atoms with Crippen molar-refractivity contribution in [2.45, 2.75) is 13.1 Å². The van der Waals surface area contributed by atoms with Crippen molar-refractivity contribution < 1.29 is 9.72 Å². The van der Waals surface area contributed by atoms with E-state index < -0.39 is 17.1 Å². The maximum Gasteiger partial charge on any atom is 0.317 e. The minimum absolute atomic E-state index is 0.648. The summed E-state index contributed by atoms with van der Waals surface area (Å²) in [6, 6.07) is -0.890. The number of carbonyl (C=O) groups excluding carboxylic acids is 1. The molecule has 0 rings (SSSR count). The van der Waals surface area contributed by atoms with Crippen molar-refractivity contribution in [2.24, 2.45) is 5.73 Å². The van der Waals surface area contributed by atoms with E-state index in [1.54, 1.807) is 0 Å². The fraction of sp³-hybridized carbons (Fsp3) is 0.667. The van der Waals surface area contributed by atoms with Gasteiger partial charge in [-0.15, -0.1) is 0 Å². The van der Waals surface area contributed by atoms with Gasteiger partial charge in [0.25, 0.3) is 6.17 Å². The molecule has 6 heteroatoms. The zero-order valence-corrected chi connectivity index (χ0v) is 4.83. The van der Waals surface area contributed by atoms with Crippen LogP contribution in [0.25, 0.3) is 0 Å². The molecule has 3 N–H and O–H groups in total. The van der Waals surface area contributed by atoms with Crippen molar-refractivity contribution >= 4 is 6.03 Å². The summed E-state index contributed by atoms with van der Waals surface area (Å²) >= 11 is 0. The van der Waals surface area contributed by atoms with E-state index in [2.05, 4.69) is 5.73 Å². The average Bonchev–Trinajstić information content (AvgIpc) is 1.63. The molecule has 0 aromatic heterocycles. The summed E-state index contributed by atoms with van der Waals surface area (Å²) in [5.74, 6) is 0. The lowest BCUT2D eigenvalue weighted by molar-refractivity contribution is -0.522. The lowest BCUT2D eigenvalue weighted by atomic mass is 10.6. The number of hydrogen-bond acceptors (Lipinski definition) is 3. The Kier molecular flexibility index (Phi) is 2.43. The third kappa shape index (κ3) is 3.27. The summed E-state index contributed by atoms with van der Waals surface area (Å²) in [5.41, 5.74) is 4.58. The number of primary amides is 1. The molecule has 0 aliphatic carbocycles. The molecule has 0 saturated carbocycles. The zero-order valence-electron chi connectivity index (χ0n) is 4.83. The monoisotopic (exact) mass is 133 g/mol. The van der Waals surface area contributed by atoms with Crippen LogP contribution in [0.15, 0.2) is 0 Å². The number of nitrogens with two attached hydrogens (primary N) is 1. The van der Waals surface area contributed by atoms with Gasteiger partial charge in [-0.2, -0.15) is 0 Å². The average molecular weight is 133 g/mol. The number of nitrogens with zero attached hydrogens (tertiary/aromatic N) is 1. The lowest BCUT2D eigenvalue weighted by Gasteiger charge is -2.01. The minimum atomic E-state index is -1.11. The molecule has 0 fully saturated rings. The summed E-state index contributed by atoms with van der Waals surface area (Å²) < 4.78 is 0. The Morgan fingerprint density at radius 2 is 2.33 bits per heavy atom. The predicted octanol–water partition coefficient (Wildman–Crippen LogP) is -0.723. The van der Waals surface area contributed by atoms with Gasteiger partial charge < -0.3 is 5.73 Å². The van der Waals surface area contributed by atoms with E-state index in [4.69, 9.17) is 0 Å². The van der Waals surface area contributed by atoms with Crippen LogP contribution in [0, 0.1) is 10.1 Å². The molecule has 0 aliphatic rings. The van der Waals surface area contributed by atoms with Crippen LogP contribution in [0.5, 0.6) is 0 Å². The molecule has 0 heterocycles. The van der Waals surface area contributed by atoms with Crippen molar-refractivity contribution in [1.82, 2.24) is 5.32 Å². The topological polar surface area (TPSA) is 98.3 Å². The van der Waals surface area contributed by atoms with Crippen molar-refractivity contribution in [1.29, 1.82) is 0 Å². The molecule has 2 amide bonds. The molecule has 0 spiro atoms. The molecule has 0 aromatic carbocycles. The van der Waals surface area contributed by atoms with Crippen LogP contribution in [0.2, 0.25) is 0 Å². The van der Waals surface area contributed by atoms with Crippen LogP contribution in [-0.4, -0.2) is 17.1 Å². The first-order valence-corrected chi connectivity index (χ1v) is 2.23. The molecule has 9 heavy (non-hydrogen) atoms. The molecule has 52 valence electrons. The highest BCUT2D eigenvalue weighted by Gasteiger charge is 2.12. The normalized spacial score (nSPS) is 12.1. The van der Waals surface area contributed by atoms with Crippen molar-refractivity contribution in [3.05, 3.63) is 10.1 Å². The van der Waals surface area contributed by atoms with Gasteiger partial charge in [0.15, 0.2) is 0 Å². The van der Waals surface area contributed by atoms with E-state index in [1.807, 2.05) is 5.32 Å². The summed E-state index contributed by atoms with van der Waals surface area (Å²) in [4.78, 5) is 19.0. The van der Waals surface area contributed by atoms with E-state index in [1.165, 1.54) is 6.92 Å². The summed E-state index contributed by atoms with van der Waals surface area (Å²) in [5, 5.41) is 11.7. The summed E-state index contributed by atoms with van der Waals surface area (Å²) in [6.07, 6.45) is -1.11. The Bertz CT molecular complexity index is 134. The van der Waals surface area contributed by atoms with Gasteiger partial charge in [0.05, 0.1) is 0 Å². The predicted molar refractivity (Wildman–Crippen MR) is 29.2 cm³/mol. The first kappa shape index (κ1) is 7.67. The van der Waals surface area contributed by atoms with E-state index in [-0.39, 0.29) is 0 Å². The largest absolute Gasteiger partial charge is 0.352 e. The Hall–Kier alpha value is -1.33. The van der Waals surface area contributed by atoms with Gasteiger partial charge in [-0.05, 0) is 0 Å². The number of hydrogen-bond donors (Lipinski definition) is 2. The molecule has 0 aromatic rings. The van der Waals surface area contributed by atoms with Crippen LogP contribution in [0.1, 0.15) is 6.92 Å². The van der Waals surface area contributed by atoms with Gasteiger partial charge in [0.2, 0.25) is 0 Å². The number of carbonyl (C=O) groups is 1. The van der Waals surface area contributed by atoms with Gasteiger partial charge in [-0.3, -0.25) is 15.4 Å². The second kappa shape index (κ2) is 2.85.